The smallest absolute Gasteiger partial charge is 0.213 e. The molecule has 1 aliphatic heterocycles. The first-order valence-corrected chi connectivity index (χ1v) is 8.81. The van der Waals surface area contributed by atoms with Crippen molar-refractivity contribution in [1.29, 1.82) is 0 Å². The number of aromatic nitrogens is 2. The highest BCUT2D eigenvalue weighted by Crippen LogP contribution is 2.20. The number of rotatable bonds is 4. The first-order chi connectivity index (χ1) is 10.6. The Bertz CT molecular complexity index is 705. The summed E-state index contributed by atoms with van der Waals surface area (Å²) in [4.78, 5) is 2.04. The molecule has 3 rings (SSSR count). The first kappa shape index (κ1) is 15.0. The summed E-state index contributed by atoms with van der Waals surface area (Å²) >= 11 is 0. The van der Waals surface area contributed by atoms with E-state index < -0.39 is 10.0 Å². The van der Waals surface area contributed by atoms with E-state index in [1.165, 1.54) is 4.31 Å². The number of furan rings is 1. The zero-order valence-corrected chi connectivity index (χ0v) is 13.2. The number of sulfonamides is 1. The van der Waals surface area contributed by atoms with E-state index in [1.54, 1.807) is 19.3 Å². The van der Waals surface area contributed by atoms with Crippen LogP contribution in [0.25, 0.3) is 11.5 Å². The molecule has 0 aromatic carbocycles. The van der Waals surface area contributed by atoms with Crippen molar-refractivity contribution in [2.45, 2.75) is 6.92 Å². The van der Waals surface area contributed by atoms with E-state index in [0.29, 0.717) is 37.6 Å². The molecule has 22 heavy (non-hydrogen) atoms. The molecule has 7 nitrogen and oxygen atoms in total. The van der Waals surface area contributed by atoms with Gasteiger partial charge in [0.25, 0.3) is 0 Å². The Balaban J connectivity index is 1.67. The van der Waals surface area contributed by atoms with Crippen LogP contribution in [0.1, 0.15) is 6.92 Å². The molecule has 3 heterocycles. The van der Waals surface area contributed by atoms with Crippen molar-refractivity contribution in [2.24, 2.45) is 0 Å². The number of hydrogen-bond acceptors (Lipinski definition) is 6. The number of hydrogen-bond donors (Lipinski definition) is 0. The van der Waals surface area contributed by atoms with Crippen molar-refractivity contribution in [3.05, 3.63) is 30.5 Å². The summed E-state index contributed by atoms with van der Waals surface area (Å²) < 4.78 is 30.5. The Morgan fingerprint density at radius 3 is 2.45 bits per heavy atom. The fraction of sp³-hybridized carbons (Fsp3) is 0.429. The van der Waals surface area contributed by atoms with Gasteiger partial charge in [-0.2, -0.15) is 4.31 Å². The van der Waals surface area contributed by atoms with E-state index >= 15 is 0 Å². The average molecular weight is 322 g/mol. The maximum atomic E-state index is 11.8. The molecule has 1 aliphatic rings. The topological polar surface area (TPSA) is 79.5 Å². The third kappa shape index (κ3) is 2.97. The van der Waals surface area contributed by atoms with Gasteiger partial charge in [0, 0.05) is 26.2 Å². The largest absolute Gasteiger partial charge is 0.463 e. The molecular weight excluding hydrogens is 304 g/mol. The van der Waals surface area contributed by atoms with Gasteiger partial charge >= 0.3 is 0 Å². The molecule has 0 N–H and O–H groups in total. The molecule has 8 heteroatoms. The predicted molar refractivity (Wildman–Crippen MR) is 83.0 cm³/mol. The fourth-order valence-electron chi connectivity index (χ4n) is 2.43. The van der Waals surface area contributed by atoms with Crippen LogP contribution in [-0.2, 0) is 10.0 Å². The van der Waals surface area contributed by atoms with E-state index in [0.717, 1.165) is 5.82 Å². The van der Waals surface area contributed by atoms with E-state index in [2.05, 4.69) is 10.2 Å². The van der Waals surface area contributed by atoms with Crippen molar-refractivity contribution in [1.82, 2.24) is 14.5 Å². The quantitative estimate of drug-likeness (QED) is 0.842. The summed E-state index contributed by atoms with van der Waals surface area (Å²) in [7, 11) is -3.10. The van der Waals surface area contributed by atoms with Crippen LogP contribution in [0.3, 0.4) is 0 Å². The average Bonchev–Trinajstić information content (AvgIpc) is 3.10. The van der Waals surface area contributed by atoms with Crippen LogP contribution in [0.4, 0.5) is 5.82 Å². The van der Waals surface area contributed by atoms with E-state index in [-0.39, 0.29) is 5.75 Å². The van der Waals surface area contributed by atoms with Crippen LogP contribution >= 0.6 is 0 Å². The van der Waals surface area contributed by atoms with Crippen LogP contribution in [0, 0.1) is 0 Å². The minimum absolute atomic E-state index is 0.144. The Hall–Kier alpha value is -1.93. The maximum Gasteiger partial charge on any atom is 0.213 e. The van der Waals surface area contributed by atoms with Gasteiger partial charge in [0.2, 0.25) is 10.0 Å². The van der Waals surface area contributed by atoms with Gasteiger partial charge in [0.15, 0.2) is 11.6 Å². The molecule has 118 valence electrons. The highest BCUT2D eigenvalue weighted by atomic mass is 32.2. The summed E-state index contributed by atoms with van der Waals surface area (Å²) in [6, 6.07) is 7.38. The normalized spacial score (nSPS) is 16.9. The summed E-state index contributed by atoms with van der Waals surface area (Å²) in [6.45, 7) is 3.87. The van der Waals surface area contributed by atoms with Crippen LogP contribution in [0.5, 0.6) is 0 Å². The molecule has 1 fully saturated rings. The van der Waals surface area contributed by atoms with Crippen LogP contribution in [-0.4, -0.2) is 54.9 Å². The Morgan fingerprint density at radius 1 is 1.14 bits per heavy atom. The van der Waals surface area contributed by atoms with Gasteiger partial charge in [-0.05, 0) is 31.2 Å². The van der Waals surface area contributed by atoms with E-state index in [1.807, 2.05) is 23.1 Å². The predicted octanol–water partition coefficient (Wildman–Crippen LogP) is 1.21. The van der Waals surface area contributed by atoms with Crippen molar-refractivity contribution in [3.63, 3.8) is 0 Å². The number of anilines is 1. The zero-order valence-electron chi connectivity index (χ0n) is 12.3. The summed E-state index contributed by atoms with van der Waals surface area (Å²) in [5, 5.41) is 8.38. The maximum absolute atomic E-state index is 11.8. The van der Waals surface area contributed by atoms with Crippen molar-refractivity contribution >= 4 is 15.8 Å². The fourth-order valence-corrected chi connectivity index (χ4v) is 3.51. The number of nitrogens with zero attached hydrogens (tertiary/aromatic N) is 4. The molecule has 2 aromatic heterocycles. The van der Waals surface area contributed by atoms with E-state index in [4.69, 9.17) is 4.42 Å². The van der Waals surface area contributed by atoms with Gasteiger partial charge in [0.05, 0.1) is 12.0 Å². The Labute approximate surface area is 129 Å². The summed E-state index contributed by atoms with van der Waals surface area (Å²) in [5.41, 5.74) is 0.681. The lowest BCUT2D eigenvalue weighted by molar-refractivity contribution is 0.384. The lowest BCUT2D eigenvalue weighted by Crippen LogP contribution is -2.49. The van der Waals surface area contributed by atoms with Gasteiger partial charge in [-0.15, -0.1) is 10.2 Å². The van der Waals surface area contributed by atoms with Gasteiger partial charge in [0.1, 0.15) is 5.69 Å². The first-order valence-electron chi connectivity index (χ1n) is 7.20. The second-order valence-corrected chi connectivity index (χ2v) is 7.30. The Morgan fingerprint density at radius 2 is 1.91 bits per heavy atom. The minimum atomic E-state index is -3.10. The lowest BCUT2D eigenvalue weighted by Gasteiger charge is -2.34. The zero-order chi connectivity index (χ0) is 15.6. The van der Waals surface area contributed by atoms with Crippen LogP contribution < -0.4 is 4.90 Å². The molecule has 0 atom stereocenters. The highest BCUT2D eigenvalue weighted by molar-refractivity contribution is 7.89. The van der Waals surface area contributed by atoms with Crippen LogP contribution in [0.2, 0.25) is 0 Å². The highest BCUT2D eigenvalue weighted by Gasteiger charge is 2.26. The second-order valence-electron chi connectivity index (χ2n) is 5.04. The molecule has 0 bridgehead atoms. The minimum Gasteiger partial charge on any atom is -0.463 e. The lowest BCUT2D eigenvalue weighted by atomic mass is 10.3. The summed E-state index contributed by atoms with van der Waals surface area (Å²) in [6.07, 6.45) is 1.60. The molecule has 0 saturated carbocycles. The molecular formula is C14H18N4O3S. The molecule has 2 aromatic rings. The Kier molecular flexibility index (Phi) is 4.12. The standard InChI is InChI=1S/C14H18N4O3S/c1-2-22(19,20)18-9-7-17(8-10-18)14-6-5-12(15-16-14)13-4-3-11-21-13/h3-6,11H,2,7-10H2,1H3. The van der Waals surface area contributed by atoms with Crippen molar-refractivity contribution < 1.29 is 12.8 Å². The monoisotopic (exact) mass is 322 g/mol. The third-order valence-electron chi connectivity index (χ3n) is 3.74. The van der Waals surface area contributed by atoms with E-state index in [9.17, 15) is 8.42 Å². The second kappa shape index (κ2) is 6.05. The van der Waals surface area contributed by atoms with Gasteiger partial charge in [-0.1, -0.05) is 0 Å². The molecule has 0 spiro atoms. The molecule has 0 unspecified atom stereocenters. The van der Waals surface area contributed by atoms with Crippen LogP contribution in [0.15, 0.2) is 34.9 Å². The molecule has 0 amide bonds. The van der Waals surface area contributed by atoms with Gasteiger partial charge in [-0.3, -0.25) is 0 Å². The summed E-state index contributed by atoms with van der Waals surface area (Å²) in [5.74, 6) is 1.58. The SMILES string of the molecule is CCS(=O)(=O)N1CCN(c2ccc(-c3ccco3)nn2)CC1. The van der Waals surface area contributed by atoms with Gasteiger partial charge < -0.3 is 9.32 Å². The van der Waals surface area contributed by atoms with Gasteiger partial charge in [-0.25, -0.2) is 8.42 Å². The third-order valence-corrected chi connectivity index (χ3v) is 5.63. The molecule has 0 aliphatic carbocycles. The number of piperazine rings is 1. The van der Waals surface area contributed by atoms with Crippen molar-refractivity contribution in [2.75, 3.05) is 36.8 Å². The molecule has 1 saturated heterocycles. The molecule has 0 radical (unpaired) electrons. The van der Waals surface area contributed by atoms with Crippen molar-refractivity contribution in [3.8, 4) is 11.5 Å².